The molecule has 1 atom stereocenters. The molecule has 4 rings (SSSR count). The number of fused-ring (bicyclic) bond motifs is 1. The molecule has 1 unspecified atom stereocenters. The van der Waals surface area contributed by atoms with E-state index >= 15 is 0 Å². The monoisotopic (exact) mass is 399 g/mol. The molecule has 0 radical (unpaired) electrons. The van der Waals surface area contributed by atoms with Crippen LogP contribution in [0.2, 0.25) is 0 Å². The number of amides is 1. The SMILES string of the molecule is CC1CCc2sc(-c3nnc(SCC(=O)N(C)c4ccccc4)o3)cc2C1. The largest absolute Gasteiger partial charge is 0.410 e. The van der Waals surface area contributed by atoms with Crippen LogP contribution in [0.15, 0.2) is 46.0 Å². The van der Waals surface area contributed by atoms with Crippen LogP contribution < -0.4 is 4.90 Å². The molecule has 1 aliphatic carbocycles. The van der Waals surface area contributed by atoms with E-state index in [0.717, 1.165) is 29.3 Å². The van der Waals surface area contributed by atoms with E-state index in [1.807, 2.05) is 30.3 Å². The van der Waals surface area contributed by atoms with Gasteiger partial charge in [0.2, 0.25) is 5.91 Å². The molecule has 0 saturated carbocycles. The highest BCUT2D eigenvalue weighted by atomic mass is 32.2. The minimum Gasteiger partial charge on any atom is -0.410 e. The highest BCUT2D eigenvalue weighted by molar-refractivity contribution is 7.99. The summed E-state index contributed by atoms with van der Waals surface area (Å²) in [5, 5.41) is 8.71. The first kappa shape index (κ1) is 18.3. The van der Waals surface area contributed by atoms with E-state index < -0.39 is 0 Å². The second-order valence-electron chi connectivity index (χ2n) is 6.86. The Morgan fingerprint density at radius 1 is 1.33 bits per heavy atom. The normalized spacial score (nSPS) is 16.1. The summed E-state index contributed by atoms with van der Waals surface area (Å²) >= 11 is 3.03. The first-order valence-electron chi connectivity index (χ1n) is 9.00. The number of anilines is 1. The van der Waals surface area contributed by atoms with E-state index in [-0.39, 0.29) is 11.7 Å². The number of carbonyl (C=O) groups excluding carboxylic acids is 1. The molecule has 2 heterocycles. The van der Waals surface area contributed by atoms with Crippen LogP contribution >= 0.6 is 23.1 Å². The van der Waals surface area contributed by atoms with Crippen LogP contribution in [0.25, 0.3) is 10.8 Å². The molecule has 1 amide bonds. The maximum atomic E-state index is 12.4. The van der Waals surface area contributed by atoms with Crippen molar-refractivity contribution in [2.45, 2.75) is 31.4 Å². The molecule has 0 spiro atoms. The van der Waals surface area contributed by atoms with Crippen LogP contribution in [0, 0.1) is 5.92 Å². The summed E-state index contributed by atoms with van der Waals surface area (Å²) in [6.45, 7) is 2.30. The number of aromatic nitrogens is 2. The van der Waals surface area contributed by atoms with E-state index in [2.05, 4.69) is 23.2 Å². The van der Waals surface area contributed by atoms with E-state index in [1.165, 1.54) is 28.6 Å². The zero-order valence-corrected chi connectivity index (χ0v) is 17.0. The smallest absolute Gasteiger partial charge is 0.277 e. The lowest BCUT2D eigenvalue weighted by Gasteiger charge is -2.16. The van der Waals surface area contributed by atoms with Crippen LogP contribution in [-0.4, -0.2) is 28.9 Å². The molecule has 0 saturated heterocycles. The van der Waals surface area contributed by atoms with Crippen LogP contribution in [0.5, 0.6) is 0 Å². The van der Waals surface area contributed by atoms with Gasteiger partial charge in [-0.1, -0.05) is 36.9 Å². The van der Waals surface area contributed by atoms with E-state index in [4.69, 9.17) is 4.42 Å². The van der Waals surface area contributed by atoms with Crippen LogP contribution in [0.4, 0.5) is 5.69 Å². The predicted molar refractivity (Wildman–Crippen MR) is 109 cm³/mol. The summed E-state index contributed by atoms with van der Waals surface area (Å²) in [5.74, 6) is 1.53. The molecule has 2 aromatic heterocycles. The summed E-state index contributed by atoms with van der Waals surface area (Å²) < 4.78 is 5.79. The van der Waals surface area contributed by atoms with Gasteiger partial charge in [-0.2, -0.15) is 0 Å². The zero-order valence-electron chi connectivity index (χ0n) is 15.3. The fourth-order valence-corrected chi connectivity index (χ4v) is 5.00. The summed E-state index contributed by atoms with van der Waals surface area (Å²) in [6.07, 6.45) is 3.51. The number of nitrogens with zero attached hydrogens (tertiary/aromatic N) is 3. The maximum absolute atomic E-state index is 12.4. The average Bonchev–Trinajstić information content (AvgIpc) is 3.32. The van der Waals surface area contributed by atoms with Gasteiger partial charge in [-0.05, 0) is 48.9 Å². The van der Waals surface area contributed by atoms with Crippen molar-refractivity contribution in [1.82, 2.24) is 10.2 Å². The Morgan fingerprint density at radius 2 is 2.15 bits per heavy atom. The minimum absolute atomic E-state index is 0.00785. The van der Waals surface area contributed by atoms with E-state index in [1.54, 1.807) is 23.3 Å². The highest BCUT2D eigenvalue weighted by Gasteiger charge is 2.21. The third kappa shape index (κ3) is 4.09. The number of thiophene rings is 1. The topological polar surface area (TPSA) is 59.2 Å². The predicted octanol–water partition coefficient (Wildman–Crippen LogP) is 4.68. The number of carbonyl (C=O) groups is 1. The highest BCUT2D eigenvalue weighted by Crippen LogP contribution is 2.37. The molecule has 140 valence electrons. The first-order chi connectivity index (χ1) is 13.1. The third-order valence-corrected chi connectivity index (χ3v) is 6.81. The average molecular weight is 400 g/mol. The Balaban J connectivity index is 1.39. The number of aryl methyl sites for hydroxylation is 1. The van der Waals surface area contributed by atoms with Crippen molar-refractivity contribution in [3.63, 3.8) is 0 Å². The molecule has 0 bridgehead atoms. The zero-order chi connectivity index (χ0) is 18.8. The Labute approximate surface area is 166 Å². The number of hydrogen-bond donors (Lipinski definition) is 0. The van der Waals surface area contributed by atoms with Crippen molar-refractivity contribution in [3.05, 3.63) is 46.8 Å². The minimum atomic E-state index is -0.00785. The van der Waals surface area contributed by atoms with E-state index in [0.29, 0.717) is 11.1 Å². The van der Waals surface area contributed by atoms with Crippen molar-refractivity contribution in [2.75, 3.05) is 17.7 Å². The second-order valence-corrected chi connectivity index (χ2v) is 8.92. The molecule has 1 aromatic carbocycles. The molecular weight excluding hydrogens is 378 g/mol. The standard InChI is InChI=1S/C20H21N3O2S2/c1-13-8-9-16-14(10-13)11-17(27-16)19-21-22-20(25-19)26-12-18(24)23(2)15-6-4-3-5-7-15/h3-7,11,13H,8-10,12H2,1-2H3. The van der Waals surface area contributed by atoms with Crippen molar-refractivity contribution < 1.29 is 9.21 Å². The van der Waals surface area contributed by atoms with Gasteiger partial charge in [0.1, 0.15) is 0 Å². The van der Waals surface area contributed by atoms with E-state index in [9.17, 15) is 4.79 Å². The second kappa shape index (κ2) is 7.86. The third-order valence-electron chi connectivity index (χ3n) is 4.78. The lowest BCUT2D eigenvalue weighted by molar-refractivity contribution is -0.115. The quantitative estimate of drug-likeness (QED) is 0.583. The van der Waals surface area contributed by atoms with Gasteiger partial charge in [0.25, 0.3) is 11.1 Å². The number of benzene rings is 1. The molecule has 3 aromatic rings. The van der Waals surface area contributed by atoms with Crippen LogP contribution in [0.3, 0.4) is 0 Å². The molecule has 0 N–H and O–H groups in total. The molecule has 1 aliphatic rings. The van der Waals surface area contributed by atoms with Gasteiger partial charge in [0.15, 0.2) is 0 Å². The molecule has 7 heteroatoms. The summed E-state index contributed by atoms with van der Waals surface area (Å²) in [5.41, 5.74) is 2.29. The number of para-hydroxylation sites is 1. The van der Waals surface area contributed by atoms with Gasteiger partial charge < -0.3 is 9.32 Å². The summed E-state index contributed by atoms with van der Waals surface area (Å²) in [6, 6.07) is 11.8. The van der Waals surface area contributed by atoms with Crippen molar-refractivity contribution in [3.8, 4) is 10.8 Å². The number of rotatable bonds is 5. The Hall–Kier alpha value is -2.12. The molecule has 0 fully saturated rings. The van der Waals surface area contributed by atoms with Gasteiger partial charge in [-0.25, -0.2) is 0 Å². The Morgan fingerprint density at radius 3 is 2.96 bits per heavy atom. The molecule has 5 nitrogen and oxygen atoms in total. The van der Waals surface area contributed by atoms with Crippen LogP contribution in [0.1, 0.15) is 23.8 Å². The van der Waals surface area contributed by atoms with Gasteiger partial charge in [-0.15, -0.1) is 21.5 Å². The van der Waals surface area contributed by atoms with Crippen LogP contribution in [-0.2, 0) is 17.6 Å². The first-order valence-corrected chi connectivity index (χ1v) is 10.8. The van der Waals surface area contributed by atoms with Gasteiger partial charge >= 0.3 is 0 Å². The summed E-state index contributed by atoms with van der Waals surface area (Å²) in [7, 11) is 1.77. The molecule has 27 heavy (non-hydrogen) atoms. The summed E-state index contributed by atoms with van der Waals surface area (Å²) in [4.78, 5) is 16.5. The van der Waals surface area contributed by atoms with Crippen molar-refractivity contribution >= 4 is 34.7 Å². The Bertz CT molecular complexity index is 936. The fourth-order valence-electron chi connectivity index (χ4n) is 3.19. The maximum Gasteiger partial charge on any atom is 0.277 e. The van der Waals surface area contributed by atoms with Crippen molar-refractivity contribution in [1.29, 1.82) is 0 Å². The lowest BCUT2D eigenvalue weighted by atomic mass is 9.90. The van der Waals surface area contributed by atoms with Gasteiger partial charge in [-0.3, -0.25) is 4.79 Å². The Kier molecular flexibility index (Phi) is 5.31. The lowest BCUT2D eigenvalue weighted by Crippen LogP contribution is -2.27. The number of thioether (sulfide) groups is 1. The molecule has 0 aliphatic heterocycles. The fraction of sp³-hybridized carbons (Fsp3) is 0.350. The van der Waals surface area contributed by atoms with Crippen molar-refractivity contribution in [2.24, 2.45) is 5.92 Å². The molecular formula is C20H21N3O2S2. The van der Waals surface area contributed by atoms with Gasteiger partial charge in [0, 0.05) is 17.6 Å². The number of hydrogen-bond acceptors (Lipinski definition) is 6. The van der Waals surface area contributed by atoms with Gasteiger partial charge in [0.05, 0.1) is 10.6 Å².